The van der Waals surface area contributed by atoms with E-state index in [2.05, 4.69) is 10.6 Å². The van der Waals surface area contributed by atoms with E-state index in [-0.39, 0.29) is 38.1 Å². The van der Waals surface area contributed by atoms with Crippen molar-refractivity contribution in [3.05, 3.63) is 65.7 Å². The van der Waals surface area contributed by atoms with E-state index in [9.17, 15) is 14.4 Å². The number of hydrogen-bond acceptors (Lipinski definition) is 4. The third kappa shape index (κ3) is 7.20. The summed E-state index contributed by atoms with van der Waals surface area (Å²) in [7, 11) is 1.42. The summed E-state index contributed by atoms with van der Waals surface area (Å²) in [6.07, 6.45) is 0. The van der Waals surface area contributed by atoms with Crippen LogP contribution in [0.1, 0.15) is 11.1 Å². The molecular weight excluding hydrogens is 358 g/mol. The molecule has 2 N–H and O–H groups in total. The third-order valence-electron chi connectivity index (χ3n) is 3.92. The van der Waals surface area contributed by atoms with Crippen LogP contribution in [-0.2, 0) is 25.7 Å². The van der Waals surface area contributed by atoms with Crippen LogP contribution in [0.2, 0.25) is 0 Å². The van der Waals surface area contributed by atoms with E-state index in [1.165, 1.54) is 12.0 Å². The summed E-state index contributed by atoms with van der Waals surface area (Å²) in [4.78, 5) is 37.9. The van der Waals surface area contributed by atoms with E-state index in [1.54, 1.807) is 6.07 Å². The summed E-state index contributed by atoms with van der Waals surface area (Å²) in [5.74, 6) is -1.05. The van der Waals surface area contributed by atoms with Gasteiger partial charge in [-0.05, 0) is 30.2 Å². The molecule has 0 aromatic heterocycles. The van der Waals surface area contributed by atoms with E-state index >= 15 is 0 Å². The Labute approximate surface area is 164 Å². The molecule has 0 fully saturated rings. The zero-order chi connectivity index (χ0) is 20.4. The number of carbonyl (C=O) groups is 3. The molecule has 0 unspecified atom stereocenters. The van der Waals surface area contributed by atoms with Crippen LogP contribution in [0.3, 0.4) is 0 Å². The second kappa shape index (κ2) is 10.8. The molecule has 3 amide bonds. The number of hydrogen-bond donors (Lipinski definition) is 2. The van der Waals surface area contributed by atoms with Crippen molar-refractivity contribution in [2.75, 3.05) is 32.1 Å². The molecule has 28 heavy (non-hydrogen) atoms. The molecule has 0 spiro atoms. The highest BCUT2D eigenvalue weighted by Gasteiger charge is 2.18. The predicted octanol–water partition coefficient (Wildman–Crippen LogP) is 1.72. The van der Waals surface area contributed by atoms with Crippen molar-refractivity contribution in [3.8, 4) is 0 Å². The van der Waals surface area contributed by atoms with Gasteiger partial charge in [0, 0.05) is 19.3 Å². The van der Waals surface area contributed by atoms with Crippen LogP contribution in [0.15, 0.2) is 54.6 Å². The quantitative estimate of drug-likeness (QED) is 0.690. The van der Waals surface area contributed by atoms with Crippen LogP contribution in [0.5, 0.6) is 0 Å². The summed E-state index contributed by atoms with van der Waals surface area (Å²) >= 11 is 0. The summed E-state index contributed by atoms with van der Waals surface area (Å²) in [6, 6.07) is 16.7. The summed E-state index contributed by atoms with van der Waals surface area (Å²) in [6.45, 7) is 1.76. The largest absolute Gasteiger partial charge is 0.375 e. The molecule has 148 valence electrons. The third-order valence-corrected chi connectivity index (χ3v) is 3.92. The van der Waals surface area contributed by atoms with Gasteiger partial charge < -0.3 is 20.3 Å². The molecule has 0 heterocycles. The van der Waals surface area contributed by atoms with Crippen LogP contribution >= 0.6 is 0 Å². The van der Waals surface area contributed by atoms with E-state index in [0.717, 1.165) is 11.1 Å². The van der Waals surface area contributed by atoms with Crippen molar-refractivity contribution >= 4 is 23.4 Å². The highest BCUT2D eigenvalue weighted by Crippen LogP contribution is 2.09. The number of carbonyl (C=O) groups excluding carboxylic acids is 3. The number of anilines is 1. The van der Waals surface area contributed by atoms with Crippen LogP contribution < -0.4 is 10.6 Å². The van der Waals surface area contributed by atoms with Crippen LogP contribution in [-0.4, -0.2) is 49.4 Å². The Morgan fingerprint density at radius 2 is 1.75 bits per heavy atom. The Hall–Kier alpha value is -3.19. The Bertz CT molecular complexity index is 808. The molecular formula is C21H25N3O4. The SMILES string of the molecule is COCC(=O)N(CC(=O)NCC(=O)Nc1cccc(C)c1)Cc1ccccc1. The van der Waals surface area contributed by atoms with Gasteiger partial charge in [0.15, 0.2) is 0 Å². The summed E-state index contributed by atoms with van der Waals surface area (Å²) in [5.41, 5.74) is 2.59. The van der Waals surface area contributed by atoms with Crippen LogP contribution in [0, 0.1) is 6.92 Å². The fraction of sp³-hybridized carbons (Fsp3) is 0.286. The average molecular weight is 383 g/mol. The van der Waals surface area contributed by atoms with Crippen molar-refractivity contribution in [3.63, 3.8) is 0 Å². The minimum atomic E-state index is -0.417. The maximum atomic E-state index is 12.2. The van der Waals surface area contributed by atoms with Gasteiger partial charge in [0.2, 0.25) is 17.7 Å². The number of aryl methyl sites for hydroxylation is 1. The molecule has 2 aromatic carbocycles. The van der Waals surface area contributed by atoms with Crippen molar-refractivity contribution in [1.29, 1.82) is 0 Å². The number of ether oxygens (including phenoxy) is 1. The lowest BCUT2D eigenvalue weighted by Gasteiger charge is -2.22. The van der Waals surface area contributed by atoms with Gasteiger partial charge in [0.05, 0.1) is 13.1 Å². The fourth-order valence-electron chi connectivity index (χ4n) is 2.59. The van der Waals surface area contributed by atoms with Gasteiger partial charge in [-0.25, -0.2) is 0 Å². The minimum Gasteiger partial charge on any atom is -0.375 e. The summed E-state index contributed by atoms with van der Waals surface area (Å²) < 4.78 is 4.89. The van der Waals surface area contributed by atoms with Gasteiger partial charge in [-0.15, -0.1) is 0 Å². The van der Waals surface area contributed by atoms with E-state index in [0.29, 0.717) is 5.69 Å². The molecule has 0 atom stereocenters. The predicted molar refractivity (Wildman–Crippen MR) is 107 cm³/mol. The Morgan fingerprint density at radius 1 is 1.00 bits per heavy atom. The highest BCUT2D eigenvalue weighted by molar-refractivity contribution is 5.95. The van der Waals surface area contributed by atoms with Crippen LogP contribution in [0.25, 0.3) is 0 Å². The molecule has 0 radical (unpaired) electrons. The first kappa shape index (κ1) is 21.1. The number of amides is 3. The fourth-order valence-corrected chi connectivity index (χ4v) is 2.59. The lowest BCUT2D eigenvalue weighted by molar-refractivity contribution is -0.139. The normalized spacial score (nSPS) is 10.2. The molecule has 2 aromatic rings. The molecule has 2 rings (SSSR count). The summed E-state index contributed by atoms with van der Waals surface area (Å²) in [5, 5.41) is 5.26. The Balaban J connectivity index is 1.87. The molecule has 0 bridgehead atoms. The van der Waals surface area contributed by atoms with Gasteiger partial charge in [0.1, 0.15) is 6.61 Å². The zero-order valence-corrected chi connectivity index (χ0v) is 16.1. The minimum absolute atomic E-state index is 0.117. The number of methoxy groups -OCH3 is 1. The van der Waals surface area contributed by atoms with Gasteiger partial charge in [0.25, 0.3) is 0 Å². The maximum Gasteiger partial charge on any atom is 0.249 e. The lowest BCUT2D eigenvalue weighted by Crippen LogP contribution is -2.43. The second-order valence-electron chi connectivity index (χ2n) is 6.36. The Kier molecular flexibility index (Phi) is 8.17. The van der Waals surface area contributed by atoms with Gasteiger partial charge in [-0.2, -0.15) is 0 Å². The van der Waals surface area contributed by atoms with Gasteiger partial charge in [-0.3, -0.25) is 14.4 Å². The molecule has 0 aliphatic rings. The van der Waals surface area contributed by atoms with E-state index in [1.807, 2.05) is 55.5 Å². The number of nitrogens with one attached hydrogen (secondary N) is 2. The molecule has 7 nitrogen and oxygen atoms in total. The zero-order valence-electron chi connectivity index (χ0n) is 16.1. The van der Waals surface area contributed by atoms with Gasteiger partial charge in [-0.1, -0.05) is 42.5 Å². The first-order chi connectivity index (χ1) is 13.5. The smallest absolute Gasteiger partial charge is 0.249 e. The molecule has 7 heteroatoms. The first-order valence-corrected chi connectivity index (χ1v) is 8.92. The van der Waals surface area contributed by atoms with Gasteiger partial charge >= 0.3 is 0 Å². The van der Waals surface area contributed by atoms with E-state index in [4.69, 9.17) is 4.74 Å². The molecule has 0 aliphatic carbocycles. The van der Waals surface area contributed by atoms with Crippen LogP contribution in [0.4, 0.5) is 5.69 Å². The molecule has 0 aliphatic heterocycles. The van der Waals surface area contributed by atoms with Crippen molar-refractivity contribution in [2.45, 2.75) is 13.5 Å². The topological polar surface area (TPSA) is 87.7 Å². The highest BCUT2D eigenvalue weighted by atomic mass is 16.5. The van der Waals surface area contributed by atoms with Crippen molar-refractivity contribution < 1.29 is 19.1 Å². The monoisotopic (exact) mass is 383 g/mol. The molecule has 0 saturated carbocycles. The van der Waals surface area contributed by atoms with E-state index < -0.39 is 5.91 Å². The van der Waals surface area contributed by atoms with Crippen molar-refractivity contribution in [2.24, 2.45) is 0 Å². The average Bonchev–Trinajstić information content (AvgIpc) is 2.67. The number of nitrogens with zero attached hydrogens (tertiary/aromatic N) is 1. The Morgan fingerprint density at radius 3 is 2.43 bits per heavy atom. The number of rotatable bonds is 9. The molecule has 0 saturated heterocycles. The second-order valence-corrected chi connectivity index (χ2v) is 6.36. The maximum absolute atomic E-state index is 12.2. The first-order valence-electron chi connectivity index (χ1n) is 8.92. The van der Waals surface area contributed by atoms with Crippen molar-refractivity contribution in [1.82, 2.24) is 10.2 Å². The number of benzene rings is 2. The standard InChI is InChI=1S/C21H25N3O4/c1-16-7-6-10-18(11-16)23-19(25)12-22-20(26)14-24(21(27)15-28-2)13-17-8-4-3-5-9-17/h3-11H,12-15H2,1-2H3,(H,22,26)(H,23,25). The lowest BCUT2D eigenvalue weighted by atomic mass is 10.2.